The number of thiazole rings is 1. The Bertz CT molecular complexity index is 987. The van der Waals surface area contributed by atoms with Gasteiger partial charge in [0.15, 0.2) is 23.3 Å². The van der Waals surface area contributed by atoms with Gasteiger partial charge in [0.2, 0.25) is 0 Å². The van der Waals surface area contributed by atoms with Crippen LogP contribution in [0.5, 0.6) is 5.75 Å². The molecule has 0 aliphatic rings. The molecule has 1 heterocycles. The van der Waals surface area contributed by atoms with Crippen molar-refractivity contribution in [1.82, 2.24) is 9.88 Å². The molecule has 0 saturated heterocycles. The van der Waals surface area contributed by atoms with Crippen molar-refractivity contribution in [2.75, 3.05) is 38.7 Å². The van der Waals surface area contributed by atoms with E-state index in [1.165, 1.54) is 23.5 Å². The van der Waals surface area contributed by atoms with Crippen molar-refractivity contribution in [2.45, 2.75) is 13.8 Å². The van der Waals surface area contributed by atoms with Crippen LogP contribution in [-0.2, 0) is 4.79 Å². The number of ether oxygens (including phenoxy) is 1. The lowest BCUT2D eigenvalue weighted by Gasteiger charge is -2.22. The molecular weight excluding hydrogens is 377 g/mol. The predicted octanol–water partition coefficient (Wildman–Crippen LogP) is 4.03. The highest BCUT2D eigenvalue weighted by molar-refractivity contribution is 7.22. The number of hydrogen-bond donors (Lipinski definition) is 0. The fourth-order valence-electron chi connectivity index (χ4n) is 2.88. The van der Waals surface area contributed by atoms with Crippen molar-refractivity contribution in [2.24, 2.45) is 0 Å². The summed E-state index contributed by atoms with van der Waals surface area (Å²) >= 11 is 1.48. The molecule has 0 aliphatic carbocycles. The first-order valence-corrected chi connectivity index (χ1v) is 9.87. The average molecular weight is 402 g/mol. The minimum absolute atomic E-state index is 0.0687. The average Bonchev–Trinajstić information content (AvgIpc) is 3.05. The largest absolute Gasteiger partial charge is 0.481 e. The Morgan fingerprint density at radius 1 is 1.18 bits per heavy atom. The predicted molar refractivity (Wildman–Crippen MR) is 112 cm³/mol. The van der Waals surface area contributed by atoms with Crippen molar-refractivity contribution in [3.8, 4) is 5.75 Å². The van der Waals surface area contributed by atoms with Gasteiger partial charge < -0.3 is 9.64 Å². The molecule has 3 rings (SSSR count). The summed E-state index contributed by atoms with van der Waals surface area (Å²) in [5, 5.41) is 0.632. The molecule has 0 N–H and O–H groups in total. The number of anilines is 1. The number of rotatable bonds is 7. The topological polar surface area (TPSA) is 45.7 Å². The molecule has 0 radical (unpaired) electrons. The third-order valence-electron chi connectivity index (χ3n) is 4.31. The number of para-hydroxylation sites is 1. The van der Waals surface area contributed by atoms with Gasteiger partial charge in [-0.3, -0.25) is 9.69 Å². The van der Waals surface area contributed by atoms with Crippen LogP contribution in [0.3, 0.4) is 0 Å². The molecule has 0 spiro atoms. The lowest BCUT2D eigenvalue weighted by molar-refractivity contribution is -0.120. The molecule has 7 heteroatoms. The second-order valence-corrected chi connectivity index (χ2v) is 8.00. The highest BCUT2D eigenvalue weighted by Gasteiger charge is 2.21. The second-order valence-electron chi connectivity index (χ2n) is 6.99. The molecule has 1 aromatic heterocycles. The van der Waals surface area contributed by atoms with Crippen molar-refractivity contribution in [1.29, 1.82) is 0 Å². The van der Waals surface area contributed by atoms with Crippen molar-refractivity contribution in [3.05, 3.63) is 53.3 Å². The van der Waals surface area contributed by atoms with Crippen molar-refractivity contribution in [3.63, 3.8) is 0 Å². The van der Waals surface area contributed by atoms with E-state index < -0.39 is 5.82 Å². The lowest BCUT2D eigenvalue weighted by Crippen LogP contribution is -2.39. The minimum atomic E-state index is -0.485. The number of carbonyl (C=O) groups is 1. The number of hydrogen-bond acceptors (Lipinski definition) is 5. The number of halogens is 1. The first-order valence-electron chi connectivity index (χ1n) is 9.05. The van der Waals surface area contributed by atoms with E-state index in [9.17, 15) is 9.18 Å². The molecule has 0 atom stereocenters. The number of fused-ring (bicyclic) bond motifs is 1. The van der Waals surface area contributed by atoms with E-state index in [1.54, 1.807) is 17.0 Å². The SMILES string of the molecule is Cc1cc(C)c2nc(N(CCN(C)C)C(=O)COc3ccccc3F)sc2c1. The summed E-state index contributed by atoms with van der Waals surface area (Å²) in [6.45, 7) is 4.97. The monoisotopic (exact) mass is 401 g/mol. The molecule has 0 bridgehead atoms. The van der Waals surface area contributed by atoms with Gasteiger partial charge in [0.05, 0.1) is 10.2 Å². The first-order chi connectivity index (χ1) is 13.3. The highest BCUT2D eigenvalue weighted by atomic mass is 32.1. The van der Waals surface area contributed by atoms with Crippen LogP contribution in [0.15, 0.2) is 36.4 Å². The van der Waals surface area contributed by atoms with E-state index in [1.807, 2.05) is 32.8 Å². The Balaban J connectivity index is 1.85. The van der Waals surface area contributed by atoms with Crippen LogP contribution in [0.2, 0.25) is 0 Å². The van der Waals surface area contributed by atoms with Crippen LogP contribution in [0, 0.1) is 19.7 Å². The zero-order valence-corrected chi connectivity index (χ0v) is 17.3. The summed E-state index contributed by atoms with van der Waals surface area (Å²) in [6.07, 6.45) is 0. The maximum Gasteiger partial charge on any atom is 0.266 e. The summed E-state index contributed by atoms with van der Waals surface area (Å²) in [5.41, 5.74) is 3.15. The van der Waals surface area contributed by atoms with Crippen LogP contribution >= 0.6 is 11.3 Å². The van der Waals surface area contributed by atoms with Crippen LogP contribution < -0.4 is 9.64 Å². The number of aromatic nitrogens is 1. The van der Waals surface area contributed by atoms with Gasteiger partial charge in [0.25, 0.3) is 5.91 Å². The number of benzene rings is 2. The summed E-state index contributed by atoms with van der Waals surface area (Å²) < 4.78 is 20.2. The van der Waals surface area contributed by atoms with Crippen LogP contribution in [-0.4, -0.2) is 49.6 Å². The summed E-state index contributed by atoms with van der Waals surface area (Å²) in [6, 6.07) is 10.2. The lowest BCUT2D eigenvalue weighted by atomic mass is 10.1. The Kier molecular flexibility index (Phi) is 6.26. The number of carbonyl (C=O) groups excluding carboxylic acids is 1. The van der Waals surface area contributed by atoms with E-state index in [2.05, 4.69) is 12.1 Å². The molecule has 0 saturated carbocycles. The van der Waals surface area contributed by atoms with Gasteiger partial charge in [-0.2, -0.15) is 0 Å². The maximum absolute atomic E-state index is 13.8. The number of aryl methyl sites for hydroxylation is 2. The summed E-state index contributed by atoms with van der Waals surface area (Å²) in [5.74, 6) is -0.668. The molecule has 5 nitrogen and oxygen atoms in total. The van der Waals surface area contributed by atoms with Gasteiger partial charge >= 0.3 is 0 Å². The Morgan fingerprint density at radius 3 is 2.64 bits per heavy atom. The normalized spacial score (nSPS) is 11.2. The van der Waals surface area contributed by atoms with E-state index in [-0.39, 0.29) is 18.3 Å². The molecule has 148 valence electrons. The van der Waals surface area contributed by atoms with Gasteiger partial charge in [-0.15, -0.1) is 0 Å². The van der Waals surface area contributed by atoms with Gasteiger partial charge in [0, 0.05) is 13.1 Å². The van der Waals surface area contributed by atoms with Crippen molar-refractivity contribution < 1.29 is 13.9 Å². The fraction of sp³-hybridized carbons (Fsp3) is 0.333. The van der Waals surface area contributed by atoms with Gasteiger partial charge in [-0.25, -0.2) is 9.37 Å². The molecule has 28 heavy (non-hydrogen) atoms. The van der Waals surface area contributed by atoms with Crippen LogP contribution in [0.25, 0.3) is 10.2 Å². The van der Waals surface area contributed by atoms with E-state index in [4.69, 9.17) is 9.72 Å². The number of amides is 1. The zero-order chi connectivity index (χ0) is 20.3. The molecule has 0 unspecified atom stereocenters. The van der Waals surface area contributed by atoms with Gasteiger partial charge in [-0.05, 0) is 57.3 Å². The molecule has 0 aliphatic heterocycles. The molecular formula is C21H24FN3O2S. The first kappa shape index (κ1) is 20.2. The molecule has 2 aromatic carbocycles. The molecule has 1 amide bonds. The number of nitrogens with zero attached hydrogens (tertiary/aromatic N) is 3. The Labute approximate surface area is 168 Å². The highest BCUT2D eigenvalue weighted by Crippen LogP contribution is 2.31. The minimum Gasteiger partial charge on any atom is -0.481 e. The molecule has 0 fully saturated rings. The van der Waals surface area contributed by atoms with E-state index in [0.717, 1.165) is 21.3 Å². The quantitative estimate of drug-likeness (QED) is 0.600. The summed E-state index contributed by atoms with van der Waals surface area (Å²) in [7, 11) is 3.90. The zero-order valence-electron chi connectivity index (χ0n) is 16.5. The molecule has 3 aromatic rings. The second kappa shape index (κ2) is 8.67. The maximum atomic E-state index is 13.8. The van der Waals surface area contributed by atoms with E-state index in [0.29, 0.717) is 18.2 Å². The Hall–Kier alpha value is -2.51. The third kappa shape index (κ3) is 4.66. The smallest absolute Gasteiger partial charge is 0.266 e. The third-order valence-corrected chi connectivity index (χ3v) is 5.33. The van der Waals surface area contributed by atoms with E-state index >= 15 is 0 Å². The van der Waals surface area contributed by atoms with Gasteiger partial charge in [0.1, 0.15) is 0 Å². The number of likely N-dealkylation sites (N-methyl/N-ethyl adjacent to an activating group) is 1. The standard InChI is InChI=1S/C21H24FN3O2S/c1-14-11-15(2)20-18(12-14)28-21(23-20)25(10-9-24(3)4)19(26)13-27-17-8-6-5-7-16(17)22/h5-8,11-12H,9-10,13H2,1-4H3. The van der Waals surface area contributed by atoms with Gasteiger partial charge in [-0.1, -0.05) is 29.5 Å². The Morgan fingerprint density at radius 2 is 1.93 bits per heavy atom. The summed E-state index contributed by atoms with van der Waals surface area (Å²) in [4.78, 5) is 21.2. The fourth-order valence-corrected chi connectivity index (χ4v) is 4.07. The van der Waals surface area contributed by atoms with Crippen LogP contribution in [0.4, 0.5) is 9.52 Å². The van der Waals surface area contributed by atoms with Crippen molar-refractivity contribution >= 4 is 32.6 Å². The van der Waals surface area contributed by atoms with Crippen LogP contribution in [0.1, 0.15) is 11.1 Å².